The van der Waals surface area contributed by atoms with Crippen LogP contribution in [0.4, 0.5) is 26.2 Å². The van der Waals surface area contributed by atoms with Crippen LogP contribution in [0.3, 0.4) is 0 Å². The molecule has 0 unspecified atom stereocenters. The van der Waals surface area contributed by atoms with E-state index in [-0.39, 0.29) is 29.6 Å². The van der Waals surface area contributed by atoms with Gasteiger partial charge in [-0.15, -0.1) is 0 Å². The molecular formula is C24H22F2N4O3S. The quantitative estimate of drug-likeness (QED) is 0.167. The maximum atomic E-state index is 15.0. The van der Waals surface area contributed by atoms with Crippen molar-refractivity contribution < 1.29 is 22.9 Å². The molecule has 0 spiro atoms. The number of nitrogens with one attached hydrogen (secondary N) is 1. The summed E-state index contributed by atoms with van der Waals surface area (Å²) in [7, 11) is 0. The van der Waals surface area contributed by atoms with Crippen LogP contribution in [0.15, 0.2) is 52.9 Å². The number of aromatic nitrogens is 1. The average Bonchev–Trinajstić information content (AvgIpc) is 3.22. The number of halogens is 2. The van der Waals surface area contributed by atoms with E-state index in [1.165, 1.54) is 24.3 Å². The third-order valence-electron chi connectivity index (χ3n) is 5.80. The Morgan fingerprint density at radius 3 is 2.56 bits per heavy atom. The van der Waals surface area contributed by atoms with E-state index < -0.39 is 22.8 Å². The van der Waals surface area contributed by atoms with Crippen molar-refractivity contribution in [2.75, 3.05) is 35.6 Å². The molecule has 4 N–H and O–H groups in total. The van der Waals surface area contributed by atoms with Gasteiger partial charge in [0, 0.05) is 36.4 Å². The largest absolute Gasteiger partial charge is 0.616 e. The first-order valence-corrected chi connectivity index (χ1v) is 12.2. The first kappa shape index (κ1) is 22.5. The lowest BCUT2D eigenvalue weighted by Crippen LogP contribution is -2.40. The molecule has 0 aliphatic carbocycles. The number of hydrogen-bond donors (Lipinski definition) is 3. The highest BCUT2D eigenvalue weighted by atomic mass is 32.2. The Morgan fingerprint density at radius 1 is 1.12 bits per heavy atom. The van der Waals surface area contributed by atoms with Crippen molar-refractivity contribution in [3.63, 3.8) is 0 Å². The molecule has 5 rings (SSSR count). The van der Waals surface area contributed by atoms with Crippen LogP contribution >= 0.6 is 0 Å². The molecular weight excluding hydrogens is 462 g/mol. The van der Waals surface area contributed by atoms with Gasteiger partial charge in [-0.1, -0.05) is 23.3 Å². The number of rotatable bonds is 5. The highest BCUT2D eigenvalue weighted by Crippen LogP contribution is 2.34. The van der Waals surface area contributed by atoms with Crippen molar-refractivity contribution in [2.45, 2.75) is 6.54 Å². The van der Waals surface area contributed by atoms with Gasteiger partial charge in [-0.25, -0.2) is 8.78 Å². The molecule has 4 aromatic rings. The fourth-order valence-corrected chi connectivity index (χ4v) is 5.08. The Bertz CT molecular complexity index is 1330. The zero-order valence-corrected chi connectivity index (χ0v) is 18.9. The molecule has 0 saturated carbocycles. The number of aromatic hydroxyl groups is 1. The van der Waals surface area contributed by atoms with Crippen LogP contribution in [0.1, 0.15) is 5.56 Å². The van der Waals surface area contributed by atoms with Crippen LogP contribution in [0, 0.1) is 11.6 Å². The van der Waals surface area contributed by atoms with E-state index in [9.17, 15) is 18.4 Å². The van der Waals surface area contributed by atoms with Crippen LogP contribution in [-0.2, 0) is 17.7 Å². The van der Waals surface area contributed by atoms with Gasteiger partial charge >= 0.3 is 0 Å². The molecule has 0 bridgehead atoms. The van der Waals surface area contributed by atoms with E-state index in [2.05, 4.69) is 10.3 Å². The summed E-state index contributed by atoms with van der Waals surface area (Å²) in [6, 6.07) is 12.6. The number of hydrogen-bond acceptors (Lipinski definition) is 7. The van der Waals surface area contributed by atoms with Gasteiger partial charge in [0.15, 0.2) is 5.58 Å². The molecule has 2 heterocycles. The summed E-state index contributed by atoms with van der Waals surface area (Å²) < 4.78 is 47.3. The lowest BCUT2D eigenvalue weighted by Gasteiger charge is -2.28. The van der Waals surface area contributed by atoms with Gasteiger partial charge in [0.25, 0.3) is 6.01 Å². The molecule has 1 aromatic heterocycles. The second-order valence-corrected chi connectivity index (χ2v) is 9.81. The van der Waals surface area contributed by atoms with Gasteiger partial charge in [-0.3, -0.25) is 4.90 Å². The van der Waals surface area contributed by atoms with Gasteiger partial charge < -0.3 is 25.1 Å². The predicted molar refractivity (Wildman–Crippen MR) is 128 cm³/mol. The number of nitrogens with two attached hydrogens (primary N) is 1. The second-order valence-electron chi connectivity index (χ2n) is 8.11. The number of phenols is 1. The standard InChI is InChI=1S/C24H22F2N4O3S/c25-18-10-14(11-19(26)17(18)13-30-6-8-34(32)9-7-30)16-2-1-3-21-23(16)33-24(29-21)28-15-4-5-22(31)20(27)12-15/h1-5,10-12,31H,6-9,13,27H2,(H,28,29). The Hall–Kier alpha value is -3.34. The highest BCUT2D eigenvalue weighted by molar-refractivity contribution is 7.91. The summed E-state index contributed by atoms with van der Waals surface area (Å²) in [5.41, 5.74) is 8.21. The second kappa shape index (κ2) is 9.13. The van der Waals surface area contributed by atoms with E-state index in [1.54, 1.807) is 24.3 Å². The maximum Gasteiger partial charge on any atom is 0.300 e. The summed E-state index contributed by atoms with van der Waals surface area (Å²) in [5, 5.41) is 12.6. The number of nitrogen functional groups attached to an aromatic ring is 1. The summed E-state index contributed by atoms with van der Waals surface area (Å²) in [4.78, 5) is 6.30. The van der Waals surface area contributed by atoms with E-state index in [0.717, 1.165) is 0 Å². The molecule has 7 nitrogen and oxygen atoms in total. The van der Waals surface area contributed by atoms with Crippen molar-refractivity contribution in [1.29, 1.82) is 0 Å². The summed E-state index contributed by atoms with van der Waals surface area (Å²) in [6.45, 7) is 1.23. The summed E-state index contributed by atoms with van der Waals surface area (Å²) in [5.74, 6) is -0.287. The van der Waals surface area contributed by atoms with Crippen LogP contribution < -0.4 is 11.1 Å². The fraction of sp³-hybridized carbons (Fsp3) is 0.208. The molecule has 1 saturated heterocycles. The molecule has 34 heavy (non-hydrogen) atoms. The minimum Gasteiger partial charge on any atom is -0.616 e. The number of benzene rings is 3. The van der Waals surface area contributed by atoms with Crippen molar-refractivity contribution in [3.8, 4) is 16.9 Å². The third-order valence-corrected chi connectivity index (χ3v) is 7.07. The maximum absolute atomic E-state index is 15.0. The smallest absolute Gasteiger partial charge is 0.300 e. The molecule has 3 aromatic carbocycles. The van der Waals surface area contributed by atoms with Gasteiger partial charge in [-0.05, 0) is 42.0 Å². The topological polar surface area (TPSA) is 111 Å². The first-order valence-electron chi connectivity index (χ1n) is 10.7. The predicted octanol–water partition coefficient (Wildman–Crippen LogP) is 4.37. The van der Waals surface area contributed by atoms with E-state index >= 15 is 0 Å². The van der Waals surface area contributed by atoms with Crippen molar-refractivity contribution in [3.05, 3.63) is 65.7 Å². The Balaban J connectivity index is 1.44. The van der Waals surface area contributed by atoms with Gasteiger partial charge in [-0.2, -0.15) is 4.98 Å². The molecule has 0 radical (unpaired) electrons. The van der Waals surface area contributed by atoms with E-state index in [1.807, 2.05) is 4.90 Å². The fourth-order valence-electron chi connectivity index (χ4n) is 3.95. The van der Waals surface area contributed by atoms with Gasteiger partial charge in [0.2, 0.25) is 0 Å². The van der Waals surface area contributed by atoms with Gasteiger partial charge in [0.1, 0.15) is 34.4 Å². The van der Waals surface area contributed by atoms with Crippen LogP contribution in [-0.4, -0.2) is 44.1 Å². The zero-order valence-electron chi connectivity index (χ0n) is 18.1. The molecule has 0 atom stereocenters. The zero-order chi connectivity index (χ0) is 23.8. The Morgan fingerprint density at radius 2 is 1.85 bits per heavy atom. The van der Waals surface area contributed by atoms with Crippen molar-refractivity contribution in [1.82, 2.24) is 9.88 Å². The molecule has 1 aliphatic heterocycles. The third kappa shape index (κ3) is 4.52. The molecule has 0 amide bonds. The number of fused-ring (bicyclic) bond motifs is 1. The van der Waals surface area contributed by atoms with E-state index in [0.29, 0.717) is 52.5 Å². The molecule has 1 aliphatic rings. The molecule has 176 valence electrons. The Kier molecular flexibility index (Phi) is 6.03. The van der Waals surface area contributed by atoms with E-state index in [4.69, 9.17) is 10.2 Å². The monoisotopic (exact) mass is 484 g/mol. The summed E-state index contributed by atoms with van der Waals surface area (Å²) in [6.07, 6.45) is 0. The van der Waals surface area contributed by atoms with Crippen LogP contribution in [0.5, 0.6) is 5.75 Å². The highest BCUT2D eigenvalue weighted by Gasteiger charge is 2.23. The lowest BCUT2D eigenvalue weighted by molar-refractivity contribution is 0.278. The number of para-hydroxylation sites is 1. The van der Waals surface area contributed by atoms with Crippen molar-refractivity contribution in [2.24, 2.45) is 0 Å². The lowest BCUT2D eigenvalue weighted by atomic mass is 10.0. The summed E-state index contributed by atoms with van der Waals surface area (Å²) >= 11 is -0.853. The number of anilines is 3. The normalized spacial score (nSPS) is 15.1. The van der Waals surface area contributed by atoms with Gasteiger partial charge in [0.05, 0.1) is 5.69 Å². The number of nitrogens with zero attached hydrogens (tertiary/aromatic N) is 2. The molecule has 10 heteroatoms. The first-order chi connectivity index (χ1) is 16.4. The molecule has 1 fully saturated rings. The van der Waals surface area contributed by atoms with Crippen LogP contribution in [0.25, 0.3) is 22.2 Å². The minimum absolute atomic E-state index is 0.00606. The number of oxazole rings is 1. The van der Waals surface area contributed by atoms with Crippen molar-refractivity contribution >= 4 is 39.7 Å². The number of phenolic OH excluding ortho intramolecular Hbond substituents is 1. The Labute approximate surface area is 197 Å². The minimum atomic E-state index is -0.853. The van der Waals surface area contributed by atoms with Crippen LogP contribution in [0.2, 0.25) is 0 Å². The SMILES string of the molecule is Nc1cc(Nc2nc3cccc(-c4cc(F)c(CN5CC[S+]([O-])CC5)c(F)c4)c3o2)ccc1O. The average molecular weight is 485 g/mol.